The van der Waals surface area contributed by atoms with Gasteiger partial charge in [-0.2, -0.15) is 0 Å². The molecule has 1 amide bonds. The van der Waals surface area contributed by atoms with Crippen LogP contribution in [0.4, 0.5) is 0 Å². The Labute approximate surface area is 120 Å². The van der Waals surface area contributed by atoms with E-state index in [1.54, 1.807) is 0 Å². The summed E-state index contributed by atoms with van der Waals surface area (Å²) in [6.45, 7) is 6.38. The fourth-order valence-electron chi connectivity index (χ4n) is 2.46. The van der Waals surface area contributed by atoms with Crippen LogP contribution in [0.3, 0.4) is 0 Å². The van der Waals surface area contributed by atoms with E-state index < -0.39 is 0 Å². The molecule has 2 N–H and O–H groups in total. The highest BCUT2D eigenvalue weighted by Gasteiger charge is 2.20. The molecule has 0 radical (unpaired) electrons. The van der Waals surface area contributed by atoms with Crippen molar-refractivity contribution >= 4 is 5.91 Å². The summed E-state index contributed by atoms with van der Waals surface area (Å²) in [7, 11) is 0. The molecule has 1 aromatic rings. The van der Waals surface area contributed by atoms with E-state index in [-0.39, 0.29) is 18.0 Å². The van der Waals surface area contributed by atoms with Crippen LogP contribution in [0.2, 0.25) is 0 Å². The first-order valence-corrected chi connectivity index (χ1v) is 7.32. The average Bonchev–Trinajstić information content (AvgIpc) is 2.48. The normalized spacial score (nSPS) is 22.0. The number of carbonyl (C=O) groups excluding carboxylic acids is 1. The van der Waals surface area contributed by atoms with E-state index >= 15 is 0 Å². The third-order valence-electron chi connectivity index (χ3n) is 3.89. The van der Waals surface area contributed by atoms with E-state index in [9.17, 15) is 4.79 Å². The van der Waals surface area contributed by atoms with Crippen LogP contribution in [0.25, 0.3) is 0 Å². The third-order valence-corrected chi connectivity index (χ3v) is 3.89. The van der Waals surface area contributed by atoms with Gasteiger partial charge in [0.2, 0.25) is 5.91 Å². The molecule has 1 heterocycles. The SMILES string of the molecule is CC(NC(=O)CC1COCCN1)C(C)c1ccccc1. The standard InChI is InChI=1S/C16H24N2O2/c1-12(14-6-4-3-5-7-14)13(2)18-16(19)10-15-11-20-9-8-17-15/h3-7,12-13,15,17H,8-11H2,1-2H3,(H,18,19). The second kappa shape index (κ2) is 7.41. The van der Waals surface area contributed by atoms with Crippen molar-refractivity contribution in [1.82, 2.24) is 10.6 Å². The zero-order valence-corrected chi connectivity index (χ0v) is 12.3. The summed E-state index contributed by atoms with van der Waals surface area (Å²) in [6.07, 6.45) is 0.478. The minimum Gasteiger partial charge on any atom is -0.378 e. The van der Waals surface area contributed by atoms with Gasteiger partial charge in [0.1, 0.15) is 0 Å². The van der Waals surface area contributed by atoms with Crippen molar-refractivity contribution in [1.29, 1.82) is 0 Å². The van der Waals surface area contributed by atoms with Gasteiger partial charge in [-0.25, -0.2) is 0 Å². The first-order valence-electron chi connectivity index (χ1n) is 7.32. The summed E-state index contributed by atoms with van der Waals surface area (Å²) in [6, 6.07) is 10.5. The smallest absolute Gasteiger partial charge is 0.221 e. The van der Waals surface area contributed by atoms with Crippen LogP contribution in [0, 0.1) is 0 Å². The van der Waals surface area contributed by atoms with Gasteiger partial charge in [-0.15, -0.1) is 0 Å². The molecule has 110 valence electrons. The molecular formula is C16H24N2O2. The van der Waals surface area contributed by atoms with Crippen molar-refractivity contribution in [3.8, 4) is 0 Å². The fourth-order valence-corrected chi connectivity index (χ4v) is 2.46. The van der Waals surface area contributed by atoms with Crippen molar-refractivity contribution in [2.75, 3.05) is 19.8 Å². The van der Waals surface area contributed by atoms with Crippen molar-refractivity contribution in [3.63, 3.8) is 0 Å². The number of morpholine rings is 1. The number of rotatable bonds is 5. The van der Waals surface area contributed by atoms with Crippen molar-refractivity contribution < 1.29 is 9.53 Å². The molecule has 2 rings (SSSR count). The summed E-state index contributed by atoms with van der Waals surface area (Å²) in [4.78, 5) is 12.1. The summed E-state index contributed by atoms with van der Waals surface area (Å²) in [5.74, 6) is 0.388. The van der Waals surface area contributed by atoms with Crippen LogP contribution in [0.5, 0.6) is 0 Å². The molecular weight excluding hydrogens is 252 g/mol. The third kappa shape index (κ3) is 4.32. The largest absolute Gasteiger partial charge is 0.378 e. The van der Waals surface area contributed by atoms with Crippen molar-refractivity contribution in [2.45, 2.75) is 38.3 Å². The molecule has 4 nitrogen and oxygen atoms in total. The lowest BCUT2D eigenvalue weighted by atomic mass is 9.94. The van der Waals surface area contributed by atoms with Gasteiger partial charge in [-0.3, -0.25) is 4.79 Å². The Kier molecular flexibility index (Phi) is 5.56. The second-order valence-corrected chi connectivity index (χ2v) is 5.49. The average molecular weight is 276 g/mol. The number of amides is 1. The lowest BCUT2D eigenvalue weighted by Gasteiger charge is -2.26. The molecule has 3 unspecified atom stereocenters. The van der Waals surface area contributed by atoms with Gasteiger partial charge in [-0.05, 0) is 12.5 Å². The predicted octanol–water partition coefficient (Wildman–Crippen LogP) is 1.67. The number of carbonyl (C=O) groups is 1. The predicted molar refractivity (Wildman–Crippen MR) is 79.7 cm³/mol. The molecule has 0 saturated carbocycles. The van der Waals surface area contributed by atoms with E-state index in [1.165, 1.54) is 5.56 Å². The molecule has 0 aromatic heterocycles. The Morgan fingerprint density at radius 1 is 1.40 bits per heavy atom. The highest BCUT2D eigenvalue weighted by molar-refractivity contribution is 5.77. The highest BCUT2D eigenvalue weighted by atomic mass is 16.5. The lowest BCUT2D eigenvalue weighted by molar-refractivity contribution is -0.123. The summed E-state index contributed by atoms with van der Waals surface area (Å²) in [5.41, 5.74) is 1.25. The summed E-state index contributed by atoms with van der Waals surface area (Å²) in [5, 5.41) is 6.39. The molecule has 1 aliphatic heterocycles. The summed E-state index contributed by atoms with van der Waals surface area (Å²) >= 11 is 0. The Bertz CT molecular complexity index is 416. The number of nitrogens with one attached hydrogen (secondary N) is 2. The van der Waals surface area contributed by atoms with E-state index in [4.69, 9.17) is 4.74 Å². The molecule has 1 aliphatic rings. The van der Waals surface area contributed by atoms with E-state index in [2.05, 4.69) is 36.6 Å². The number of benzene rings is 1. The van der Waals surface area contributed by atoms with Gasteiger partial charge in [0.15, 0.2) is 0 Å². The van der Waals surface area contributed by atoms with Gasteiger partial charge in [-0.1, -0.05) is 37.3 Å². The van der Waals surface area contributed by atoms with Crippen LogP contribution in [0.1, 0.15) is 31.7 Å². The maximum atomic E-state index is 12.1. The Balaban J connectivity index is 1.81. The molecule has 4 heteroatoms. The van der Waals surface area contributed by atoms with E-state index in [1.807, 2.05) is 18.2 Å². The fraction of sp³-hybridized carbons (Fsp3) is 0.562. The zero-order valence-electron chi connectivity index (χ0n) is 12.3. The first-order chi connectivity index (χ1) is 9.66. The molecule has 1 aromatic carbocycles. The van der Waals surface area contributed by atoms with Crippen molar-refractivity contribution in [2.24, 2.45) is 0 Å². The lowest BCUT2D eigenvalue weighted by Crippen LogP contribution is -2.46. The minimum atomic E-state index is 0.0864. The molecule has 0 bridgehead atoms. The first kappa shape index (κ1) is 15.0. The monoisotopic (exact) mass is 276 g/mol. The molecule has 20 heavy (non-hydrogen) atoms. The van der Waals surface area contributed by atoms with Crippen LogP contribution in [0.15, 0.2) is 30.3 Å². The Morgan fingerprint density at radius 3 is 2.80 bits per heavy atom. The topological polar surface area (TPSA) is 50.4 Å². The maximum Gasteiger partial charge on any atom is 0.221 e. The van der Waals surface area contributed by atoms with Gasteiger partial charge >= 0.3 is 0 Å². The minimum absolute atomic E-state index is 0.0864. The van der Waals surface area contributed by atoms with Gasteiger partial charge in [0.05, 0.1) is 13.2 Å². The number of hydrogen-bond donors (Lipinski definition) is 2. The van der Waals surface area contributed by atoms with Gasteiger partial charge < -0.3 is 15.4 Å². The zero-order chi connectivity index (χ0) is 14.4. The molecule has 0 spiro atoms. The van der Waals surface area contributed by atoms with Crippen LogP contribution >= 0.6 is 0 Å². The Hall–Kier alpha value is -1.39. The van der Waals surface area contributed by atoms with E-state index in [0.29, 0.717) is 18.9 Å². The summed E-state index contributed by atoms with van der Waals surface area (Å²) < 4.78 is 5.36. The molecule has 0 aliphatic carbocycles. The van der Waals surface area contributed by atoms with Crippen LogP contribution in [-0.4, -0.2) is 37.7 Å². The molecule has 1 fully saturated rings. The molecule has 3 atom stereocenters. The maximum absolute atomic E-state index is 12.1. The number of ether oxygens (including phenoxy) is 1. The van der Waals surface area contributed by atoms with Crippen molar-refractivity contribution in [3.05, 3.63) is 35.9 Å². The van der Waals surface area contributed by atoms with E-state index in [0.717, 1.165) is 13.2 Å². The van der Waals surface area contributed by atoms with Gasteiger partial charge in [0.25, 0.3) is 0 Å². The van der Waals surface area contributed by atoms with Crippen LogP contribution in [-0.2, 0) is 9.53 Å². The van der Waals surface area contributed by atoms with Gasteiger partial charge in [0, 0.05) is 31.0 Å². The Morgan fingerprint density at radius 2 is 2.15 bits per heavy atom. The highest BCUT2D eigenvalue weighted by Crippen LogP contribution is 2.18. The molecule has 1 saturated heterocycles. The quantitative estimate of drug-likeness (QED) is 0.860. The van der Waals surface area contributed by atoms with Crippen LogP contribution < -0.4 is 10.6 Å². The second-order valence-electron chi connectivity index (χ2n) is 5.49. The number of hydrogen-bond acceptors (Lipinski definition) is 3.